The Morgan fingerprint density at radius 1 is 0.783 bits per heavy atom. The average Bonchev–Trinajstić information content (AvgIpc) is 3.49. The van der Waals surface area contributed by atoms with E-state index in [1.165, 1.54) is 89.3 Å². The van der Waals surface area contributed by atoms with Gasteiger partial charge in [0, 0.05) is 71.4 Å². The van der Waals surface area contributed by atoms with Crippen molar-refractivity contribution in [3.05, 3.63) is 48.1 Å². The summed E-state index contributed by atoms with van der Waals surface area (Å²) in [7, 11) is 0. The van der Waals surface area contributed by atoms with Crippen LogP contribution in [0, 0.1) is 0 Å². The lowest BCUT2D eigenvalue weighted by molar-refractivity contribution is 0.269. The monoisotopic (exact) mass is 633 g/mol. The van der Waals surface area contributed by atoms with Gasteiger partial charge in [0.2, 0.25) is 0 Å². The van der Waals surface area contributed by atoms with Crippen LogP contribution >= 0.6 is 0 Å². The van der Waals surface area contributed by atoms with Gasteiger partial charge >= 0.3 is 0 Å². The molecule has 4 aliphatic heterocycles. The lowest BCUT2D eigenvalue weighted by Crippen LogP contribution is -2.41. The van der Waals surface area contributed by atoms with Gasteiger partial charge in [-0.15, -0.1) is 0 Å². The van der Waals surface area contributed by atoms with E-state index in [9.17, 15) is 0 Å². The highest BCUT2D eigenvalue weighted by molar-refractivity contribution is 5.93. The highest BCUT2D eigenvalue weighted by Crippen LogP contribution is 2.18. The highest BCUT2D eigenvalue weighted by Gasteiger charge is 2.17. The molecule has 2 saturated heterocycles. The molecule has 46 heavy (non-hydrogen) atoms. The van der Waals surface area contributed by atoms with Gasteiger partial charge in [0.15, 0.2) is 0 Å². The molecule has 8 heteroatoms. The van der Waals surface area contributed by atoms with E-state index in [1.54, 1.807) is 0 Å². The van der Waals surface area contributed by atoms with Crippen molar-refractivity contribution >= 4 is 11.7 Å². The van der Waals surface area contributed by atoms with Crippen LogP contribution in [0.25, 0.3) is 0 Å². The first-order valence-corrected chi connectivity index (χ1v) is 19.2. The quantitative estimate of drug-likeness (QED) is 0.234. The predicted molar refractivity (Wildman–Crippen MR) is 195 cm³/mol. The van der Waals surface area contributed by atoms with Crippen LogP contribution in [0.1, 0.15) is 109 Å². The largest absolute Gasteiger partial charge is 0.369 e. The van der Waals surface area contributed by atoms with E-state index in [-0.39, 0.29) is 0 Å². The van der Waals surface area contributed by atoms with Crippen LogP contribution < -0.4 is 16.0 Å². The molecular weight excluding hydrogens is 568 g/mol. The first kappa shape index (κ1) is 34.7. The van der Waals surface area contributed by atoms with Gasteiger partial charge in [-0.1, -0.05) is 63.2 Å². The second-order valence-corrected chi connectivity index (χ2v) is 13.9. The summed E-state index contributed by atoms with van der Waals surface area (Å²) in [5.74, 6) is 4.56. The maximum Gasteiger partial charge on any atom is 0.130 e. The zero-order chi connectivity index (χ0) is 31.5. The summed E-state index contributed by atoms with van der Waals surface area (Å²) < 4.78 is 0. The zero-order valence-electron chi connectivity index (χ0n) is 28.9. The molecule has 256 valence electrons. The number of allylic oxidation sites excluding steroid dienone is 5. The van der Waals surface area contributed by atoms with Gasteiger partial charge in [0.05, 0.1) is 6.54 Å². The van der Waals surface area contributed by atoms with Crippen molar-refractivity contribution in [3.8, 4) is 0 Å². The summed E-state index contributed by atoms with van der Waals surface area (Å²) in [4.78, 5) is 17.9. The van der Waals surface area contributed by atoms with Crippen LogP contribution in [0.5, 0.6) is 0 Å². The van der Waals surface area contributed by atoms with Crippen molar-refractivity contribution in [3.63, 3.8) is 0 Å². The summed E-state index contributed by atoms with van der Waals surface area (Å²) in [6.45, 7) is 10.3. The summed E-state index contributed by atoms with van der Waals surface area (Å²) in [5, 5.41) is 11.4. The molecule has 0 atom stereocenters. The van der Waals surface area contributed by atoms with Gasteiger partial charge < -0.3 is 25.8 Å². The topological polar surface area (TPSA) is 70.5 Å². The Morgan fingerprint density at radius 2 is 1.50 bits per heavy atom. The molecule has 0 bridgehead atoms. The maximum atomic E-state index is 5.16. The van der Waals surface area contributed by atoms with Crippen molar-refractivity contribution in [1.29, 1.82) is 0 Å². The molecule has 8 nitrogen and oxygen atoms in total. The minimum absolute atomic E-state index is 0.699. The van der Waals surface area contributed by atoms with Crippen molar-refractivity contribution in [2.24, 2.45) is 9.98 Å². The van der Waals surface area contributed by atoms with Gasteiger partial charge in [-0.25, -0.2) is 4.99 Å². The third-order valence-corrected chi connectivity index (χ3v) is 10.2. The number of aliphatic imine (C=N–C) groups is 2. The fourth-order valence-electron chi connectivity index (χ4n) is 7.38. The zero-order valence-corrected chi connectivity index (χ0v) is 28.9. The van der Waals surface area contributed by atoms with Gasteiger partial charge in [-0.2, -0.15) is 0 Å². The number of nitrogens with zero attached hydrogens (tertiary/aromatic N) is 5. The van der Waals surface area contributed by atoms with Gasteiger partial charge in [0.1, 0.15) is 23.3 Å². The Kier molecular flexibility index (Phi) is 15.6. The number of nitrogens with one attached hydrogen (secondary N) is 3. The Labute approximate surface area is 280 Å². The average molecular weight is 633 g/mol. The Balaban J connectivity index is 1.16. The van der Waals surface area contributed by atoms with Crippen molar-refractivity contribution < 1.29 is 0 Å². The van der Waals surface area contributed by atoms with Gasteiger partial charge in [0.25, 0.3) is 0 Å². The van der Waals surface area contributed by atoms with Crippen LogP contribution in [-0.4, -0.2) is 97.9 Å². The Morgan fingerprint density at radius 3 is 2.28 bits per heavy atom. The van der Waals surface area contributed by atoms with Crippen molar-refractivity contribution in [2.45, 2.75) is 115 Å². The molecule has 0 spiro atoms. The third kappa shape index (κ3) is 12.6. The second-order valence-electron chi connectivity index (χ2n) is 13.9. The molecular formula is C38H64N8. The van der Waals surface area contributed by atoms with E-state index in [4.69, 9.17) is 9.98 Å². The lowest BCUT2D eigenvalue weighted by Gasteiger charge is -2.28. The first-order valence-electron chi connectivity index (χ1n) is 19.2. The number of hydrogen-bond donors (Lipinski definition) is 3. The van der Waals surface area contributed by atoms with Crippen LogP contribution in [0.4, 0.5) is 0 Å². The SMILES string of the molecule is C1=C/C(N2CCCCCC2)=N\C(NCCN(CCN=C2CC/C=C/C=C(/N3CCCCCC3)N2)CCNC2CCCCC2)=C\CC\1. The minimum Gasteiger partial charge on any atom is -0.369 e. The number of hydrogen-bond acceptors (Lipinski definition) is 7. The minimum atomic E-state index is 0.699. The Bertz CT molecular complexity index is 1050. The molecule has 5 rings (SSSR count). The van der Waals surface area contributed by atoms with E-state index < -0.39 is 0 Å². The molecule has 5 aliphatic rings. The fourth-order valence-corrected chi connectivity index (χ4v) is 7.38. The molecule has 0 unspecified atom stereocenters. The number of amidine groups is 2. The summed E-state index contributed by atoms with van der Waals surface area (Å²) in [6.07, 6.45) is 35.1. The third-order valence-electron chi connectivity index (χ3n) is 10.2. The van der Waals surface area contributed by atoms with Crippen LogP contribution in [0.2, 0.25) is 0 Å². The van der Waals surface area contributed by atoms with Crippen LogP contribution in [0.15, 0.2) is 58.1 Å². The number of rotatable bonds is 12. The van der Waals surface area contributed by atoms with Crippen molar-refractivity contribution in [1.82, 2.24) is 30.7 Å². The van der Waals surface area contributed by atoms with E-state index in [0.717, 1.165) is 109 Å². The Hall–Kier alpha value is -2.58. The molecule has 1 aliphatic carbocycles. The molecule has 1 saturated carbocycles. The smallest absolute Gasteiger partial charge is 0.130 e. The summed E-state index contributed by atoms with van der Waals surface area (Å²) in [6, 6.07) is 0.699. The predicted octanol–water partition coefficient (Wildman–Crippen LogP) is 6.32. The maximum absolute atomic E-state index is 5.16. The summed E-state index contributed by atoms with van der Waals surface area (Å²) in [5.41, 5.74) is 0. The molecule has 0 amide bonds. The first-order chi connectivity index (χ1) is 22.8. The van der Waals surface area contributed by atoms with Gasteiger partial charge in [-0.3, -0.25) is 9.89 Å². The molecule has 3 N–H and O–H groups in total. The summed E-state index contributed by atoms with van der Waals surface area (Å²) >= 11 is 0. The number of likely N-dealkylation sites (tertiary alicyclic amines) is 2. The fraction of sp³-hybridized carbons (Fsp3) is 0.737. The van der Waals surface area contributed by atoms with Gasteiger partial charge in [-0.05, 0) is 76.0 Å². The van der Waals surface area contributed by atoms with Crippen molar-refractivity contribution in [2.75, 3.05) is 65.4 Å². The van der Waals surface area contributed by atoms with E-state index in [1.807, 2.05) is 0 Å². The molecule has 4 heterocycles. The second kappa shape index (κ2) is 20.6. The van der Waals surface area contributed by atoms with E-state index in [0.29, 0.717) is 6.04 Å². The van der Waals surface area contributed by atoms with Crippen LogP contribution in [-0.2, 0) is 0 Å². The molecule has 0 aromatic rings. The van der Waals surface area contributed by atoms with E-state index in [2.05, 4.69) is 67.1 Å². The van der Waals surface area contributed by atoms with E-state index >= 15 is 0 Å². The standard InChI is InChI=1S/C38H64N8/c1-2-15-28-45(27-14-1)37-22-12-6-10-20-35(42-37)40-25-32-44(31-24-39-34-18-8-5-9-19-34)33-26-41-36-21-11-7-13-23-38(43-36)46-29-16-3-4-17-30-46/h6,12-13,21-23,34,39,41H,1-5,7-11,14-20,24-33H2,(H,40,42)/b12-6+,23-13-,36-21+,37-22+,43-38+. The molecule has 0 aromatic heterocycles. The molecule has 3 fully saturated rings. The molecule has 0 radical (unpaired) electrons. The lowest BCUT2D eigenvalue weighted by atomic mass is 9.95. The molecule has 0 aromatic carbocycles. The van der Waals surface area contributed by atoms with Crippen LogP contribution in [0.3, 0.4) is 0 Å². The highest BCUT2D eigenvalue weighted by atomic mass is 15.3. The normalized spacial score (nSPS) is 28.1.